The Morgan fingerprint density at radius 2 is 2.28 bits per heavy atom. The van der Waals surface area contributed by atoms with Crippen LogP contribution in [0.4, 0.5) is 4.39 Å². The molecule has 0 unspecified atom stereocenters. The minimum atomic E-state index is -1.04. The lowest BCUT2D eigenvalue weighted by Crippen LogP contribution is -2.05. The number of carboxylic acid groups (broad SMARTS) is 1. The molecule has 0 saturated carbocycles. The summed E-state index contributed by atoms with van der Waals surface area (Å²) in [5, 5.41) is 13.0. The van der Waals surface area contributed by atoms with E-state index in [0.29, 0.717) is 17.8 Å². The van der Waals surface area contributed by atoms with Crippen molar-refractivity contribution in [2.24, 2.45) is 0 Å². The Kier molecular flexibility index (Phi) is 3.34. The molecule has 0 atom stereocenters. The van der Waals surface area contributed by atoms with E-state index < -0.39 is 11.8 Å². The standard InChI is InChI=1S/C12H10ClFN2O2/c1-2-11-8(12(17)18)6-15-16(11)7-3-4-10(14)9(13)5-7/h3-6H,2H2,1H3,(H,17,18). The number of benzene rings is 1. The summed E-state index contributed by atoms with van der Waals surface area (Å²) < 4.78 is 14.5. The van der Waals surface area contributed by atoms with Gasteiger partial charge in [-0.2, -0.15) is 5.10 Å². The van der Waals surface area contributed by atoms with Crippen LogP contribution in [0.25, 0.3) is 5.69 Å². The van der Waals surface area contributed by atoms with Crippen molar-refractivity contribution in [3.63, 3.8) is 0 Å². The topological polar surface area (TPSA) is 55.1 Å². The number of carbonyl (C=O) groups is 1. The summed E-state index contributed by atoms with van der Waals surface area (Å²) in [6.07, 6.45) is 1.77. The van der Waals surface area contributed by atoms with Gasteiger partial charge in [0.05, 0.1) is 22.6 Å². The smallest absolute Gasteiger partial charge is 0.339 e. The maximum Gasteiger partial charge on any atom is 0.339 e. The van der Waals surface area contributed by atoms with Crippen LogP contribution in [-0.4, -0.2) is 20.9 Å². The Morgan fingerprint density at radius 3 is 2.83 bits per heavy atom. The van der Waals surface area contributed by atoms with Crippen molar-refractivity contribution in [2.45, 2.75) is 13.3 Å². The van der Waals surface area contributed by atoms with Gasteiger partial charge in [0, 0.05) is 0 Å². The van der Waals surface area contributed by atoms with Crippen LogP contribution < -0.4 is 0 Å². The van der Waals surface area contributed by atoms with E-state index >= 15 is 0 Å². The van der Waals surface area contributed by atoms with Crippen LogP contribution in [0.1, 0.15) is 23.0 Å². The first kappa shape index (κ1) is 12.6. The molecule has 2 aromatic rings. The highest BCUT2D eigenvalue weighted by Crippen LogP contribution is 2.21. The summed E-state index contributed by atoms with van der Waals surface area (Å²) >= 11 is 5.70. The monoisotopic (exact) mass is 268 g/mol. The fourth-order valence-corrected chi connectivity index (χ4v) is 1.91. The van der Waals surface area contributed by atoms with Crippen LogP contribution in [0.15, 0.2) is 24.4 Å². The molecule has 0 spiro atoms. The molecule has 0 bridgehead atoms. The van der Waals surface area contributed by atoms with Gasteiger partial charge in [-0.3, -0.25) is 0 Å². The van der Waals surface area contributed by atoms with Crippen molar-refractivity contribution in [1.82, 2.24) is 9.78 Å². The lowest BCUT2D eigenvalue weighted by atomic mass is 10.2. The molecule has 18 heavy (non-hydrogen) atoms. The Balaban J connectivity index is 2.57. The highest BCUT2D eigenvalue weighted by molar-refractivity contribution is 6.30. The molecule has 1 aromatic heterocycles. The average molecular weight is 269 g/mol. The normalized spacial score (nSPS) is 10.6. The van der Waals surface area contributed by atoms with E-state index in [1.807, 2.05) is 6.92 Å². The zero-order chi connectivity index (χ0) is 13.3. The second-order valence-electron chi connectivity index (χ2n) is 3.67. The molecular weight excluding hydrogens is 259 g/mol. The molecule has 1 aromatic carbocycles. The van der Waals surface area contributed by atoms with Gasteiger partial charge in [-0.15, -0.1) is 0 Å². The van der Waals surface area contributed by atoms with Gasteiger partial charge in [-0.05, 0) is 24.6 Å². The predicted molar refractivity (Wildman–Crippen MR) is 64.9 cm³/mol. The lowest BCUT2D eigenvalue weighted by molar-refractivity contribution is 0.0695. The first-order valence-corrected chi connectivity index (χ1v) is 5.68. The Labute approximate surface area is 108 Å². The van der Waals surface area contributed by atoms with Crippen molar-refractivity contribution in [3.05, 3.63) is 46.5 Å². The van der Waals surface area contributed by atoms with E-state index in [0.717, 1.165) is 0 Å². The van der Waals surface area contributed by atoms with Gasteiger partial charge in [-0.25, -0.2) is 13.9 Å². The summed E-state index contributed by atoms with van der Waals surface area (Å²) in [5.41, 5.74) is 1.22. The van der Waals surface area contributed by atoms with Gasteiger partial charge in [0.1, 0.15) is 11.4 Å². The summed E-state index contributed by atoms with van der Waals surface area (Å²) in [5.74, 6) is -1.56. The minimum absolute atomic E-state index is 0.0260. The molecule has 2 rings (SSSR count). The van der Waals surface area contributed by atoms with E-state index in [9.17, 15) is 9.18 Å². The molecule has 0 fully saturated rings. The third-order valence-corrected chi connectivity index (χ3v) is 2.87. The number of rotatable bonds is 3. The summed E-state index contributed by atoms with van der Waals surface area (Å²) in [6.45, 7) is 1.82. The second kappa shape index (κ2) is 4.78. The maximum absolute atomic E-state index is 13.1. The van der Waals surface area contributed by atoms with E-state index in [1.54, 1.807) is 0 Å². The van der Waals surface area contributed by atoms with E-state index in [2.05, 4.69) is 5.10 Å². The van der Waals surface area contributed by atoms with E-state index in [4.69, 9.17) is 16.7 Å². The van der Waals surface area contributed by atoms with Crippen molar-refractivity contribution < 1.29 is 14.3 Å². The molecule has 1 N–H and O–H groups in total. The summed E-state index contributed by atoms with van der Waals surface area (Å²) in [4.78, 5) is 11.0. The van der Waals surface area contributed by atoms with E-state index in [1.165, 1.54) is 29.1 Å². The number of carboxylic acids is 1. The molecule has 0 aliphatic carbocycles. The van der Waals surface area contributed by atoms with Crippen molar-refractivity contribution in [3.8, 4) is 5.69 Å². The van der Waals surface area contributed by atoms with Crippen LogP contribution in [0.2, 0.25) is 5.02 Å². The third-order valence-electron chi connectivity index (χ3n) is 2.58. The number of nitrogens with zero attached hydrogens (tertiary/aromatic N) is 2. The van der Waals surface area contributed by atoms with Crippen LogP contribution in [-0.2, 0) is 6.42 Å². The maximum atomic E-state index is 13.1. The van der Waals surface area contributed by atoms with Gasteiger partial charge < -0.3 is 5.11 Å². The number of halogens is 2. The van der Waals surface area contributed by atoms with Crippen molar-refractivity contribution in [1.29, 1.82) is 0 Å². The largest absolute Gasteiger partial charge is 0.478 e. The highest BCUT2D eigenvalue weighted by atomic mass is 35.5. The quantitative estimate of drug-likeness (QED) is 0.931. The zero-order valence-electron chi connectivity index (χ0n) is 9.52. The molecule has 0 amide bonds. The summed E-state index contributed by atoms with van der Waals surface area (Å²) in [7, 11) is 0. The van der Waals surface area contributed by atoms with Gasteiger partial charge in [0.2, 0.25) is 0 Å². The molecule has 0 aliphatic heterocycles. The highest BCUT2D eigenvalue weighted by Gasteiger charge is 2.16. The van der Waals surface area contributed by atoms with Crippen molar-refractivity contribution >= 4 is 17.6 Å². The average Bonchev–Trinajstić information content (AvgIpc) is 2.76. The Bertz CT molecular complexity index is 610. The van der Waals surface area contributed by atoms with Crippen molar-refractivity contribution in [2.75, 3.05) is 0 Å². The number of aromatic nitrogens is 2. The zero-order valence-corrected chi connectivity index (χ0v) is 10.3. The number of aromatic carboxylic acids is 1. The van der Waals surface area contributed by atoms with Crippen LogP contribution in [0, 0.1) is 5.82 Å². The third kappa shape index (κ3) is 2.09. The second-order valence-corrected chi connectivity index (χ2v) is 4.08. The fourth-order valence-electron chi connectivity index (χ4n) is 1.73. The number of hydrogen-bond acceptors (Lipinski definition) is 2. The van der Waals surface area contributed by atoms with Crippen LogP contribution in [0.3, 0.4) is 0 Å². The molecule has 0 saturated heterocycles. The molecule has 0 radical (unpaired) electrons. The SMILES string of the molecule is CCc1c(C(=O)O)cnn1-c1ccc(F)c(Cl)c1. The first-order chi connectivity index (χ1) is 8.54. The molecular formula is C12H10ClFN2O2. The molecule has 94 valence electrons. The lowest BCUT2D eigenvalue weighted by Gasteiger charge is -2.07. The van der Waals surface area contributed by atoms with Crippen LogP contribution in [0.5, 0.6) is 0 Å². The minimum Gasteiger partial charge on any atom is -0.478 e. The predicted octanol–water partition coefficient (Wildman–Crippen LogP) is 2.93. The fraction of sp³-hybridized carbons (Fsp3) is 0.167. The van der Waals surface area contributed by atoms with Crippen LogP contribution >= 0.6 is 11.6 Å². The molecule has 6 heteroatoms. The van der Waals surface area contributed by atoms with E-state index in [-0.39, 0.29) is 10.6 Å². The van der Waals surface area contributed by atoms with Gasteiger partial charge in [0.25, 0.3) is 0 Å². The van der Waals surface area contributed by atoms with Gasteiger partial charge in [0.15, 0.2) is 0 Å². The Morgan fingerprint density at radius 1 is 1.56 bits per heavy atom. The molecule has 0 aliphatic rings. The van der Waals surface area contributed by atoms with Gasteiger partial charge in [-0.1, -0.05) is 18.5 Å². The van der Waals surface area contributed by atoms with Gasteiger partial charge >= 0.3 is 5.97 Å². The molecule has 1 heterocycles. The number of hydrogen-bond donors (Lipinski definition) is 1. The summed E-state index contributed by atoms with van der Waals surface area (Å²) in [6, 6.07) is 4.13. The Hall–Kier alpha value is -1.88. The molecule has 4 nitrogen and oxygen atoms in total. The first-order valence-electron chi connectivity index (χ1n) is 5.30.